The smallest absolute Gasteiger partial charge is 0.222 e. The van der Waals surface area contributed by atoms with Gasteiger partial charge < -0.3 is 20.3 Å². The molecule has 1 aromatic heterocycles. The van der Waals surface area contributed by atoms with Gasteiger partial charge in [0, 0.05) is 45.4 Å². The molecule has 0 bridgehead atoms. The second-order valence-electron chi connectivity index (χ2n) is 6.95. The van der Waals surface area contributed by atoms with Crippen LogP contribution in [-0.4, -0.2) is 61.2 Å². The molecule has 30 heavy (non-hydrogen) atoms. The summed E-state index contributed by atoms with van der Waals surface area (Å²) in [6.45, 7) is 10.8. The highest BCUT2D eigenvalue weighted by Gasteiger charge is 2.12. The maximum absolute atomic E-state index is 10.8. The van der Waals surface area contributed by atoms with Gasteiger partial charge in [0.25, 0.3) is 0 Å². The van der Waals surface area contributed by atoms with Crippen molar-refractivity contribution in [3.8, 4) is 11.3 Å². The van der Waals surface area contributed by atoms with Crippen molar-refractivity contribution < 1.29 is 9.53 Å². The number of ether oxygens (including phenoxy) is 1. The molecule has 1 aromatic carbocycles. The maximum atomic E-state index is 10.8. The molecule has 0 radical (unpaired) electrons. The number of benzene rings is 1. The number of aromatic nitrogens is 2. The van der Waals surface area contributed by atoms with Gasteiger partial charge >= 0.3 is 0 Å². The average Bonchev–Trinajstić information content (AvgIpc) is 2.78. The van der Waals surface area contributed by atoms with Crippen molar-refractivity contribution in [2.24, 2.45) is 0 Å². The normalized spacial score (nSPS) is 10.8. The van der Waals surface area contributed by atoms with Crippen LogP contribution in [0.2, 0.25) is 0 Å². The molecular weight excluding hydrogens is 378 g/mol. The fourth-order valence-electron chi connectivity index (χ4n) is 2.21. The summed E-state index contributed by atoms with van der Waals surface area (Å²) in [6, 6.07) is 12.0. The lowest BCUT2D eigenvalue weighted by Gasteiger charge is -2.24. The van der Waals surface area contributed by atoms with Crippen molar-refractivity contribution in [2.45, 2.75) is 53.2 Å². The van der Waals surface area contributed by atoms with Crippen LogP contribution < -0.4 is 10.6 Å². The number of hydrogen-bond acceptors (Lipinski definition) is 6. The van der Waals surface area contributed by atoms with E-state index < -0.39 is 0 Å². The molecular formula is C23H39N5O2. The lowest BCUT2D eigenvalue weighted by molar-refractivity contribution is -0.118. The van der Waals surface area contributed by atoms with Crippen LogP contribution >= 0.6 is 0 Å². The molecule has 1 amide bonds. The highest BCUT2D eigenvalue weighted by atomic mass is 16.5. The molecule has 0 fully saturated rings. The molecule has 168 valence electrons. The fraction of sp³-hybridized carbons (Fsp3) is 0.522. The summed E-state index contributed by atoms with van der Waals surface area (Å²) in [5.74, 6) is 1.03. The van der Waals surface area contributed by atoms with Crippen LogP contribution in [0.4, 0.5) is 11.8 Å². The van der Waals surface area contributed by atoms with Gasteiger partial charge in [0.2, 0.25) is 12.4 Å². The number of carbonyl (C=O) groups excluding carboxylic acids is 1. The van der Waals surface area contributed by atoms with E-state index in [2.05, 4.69) is 9.97 Å². The van der Waals surface area contributed by atoms with Crippen LogP contribution in [0.25, 0.3) is 11.3 Å². The predicted molar refractivity (Wildman–Crippen MR) is 127 cm³/mol. The minimum absolute atomic E-state index is 0.169. The third kappa shape index (κ3) is 10.2. The second-order valence-corrected chi connectivity index (χ2v) is 6.95. The zero-order valence-electron chi connectivity index (χ0n) is 19.8. The Morgan fingerprint density at radius 1 is 1.10 bits per heavy atom. The molecule has 7 nitrogen and oxygen atoms in total. The van der Waals surface area contributed by atoms with Gasteiger partial charge in [-0.1, -0.05) is 44.2 Å². The van der Waals surface area contributed by atoms with Crippen molar-refractivity contribution in [3.05, 3.63) is 36.4 Å². The summed E-state index contributed by atoms with van der Waals surface area (Å²) in [5, 5.41) is 0. The first-order valence-corrected chi connectivity index (χ1v) is 10.4. The Hall–Kier alpha value is -2.67. The van der Waals surface area contributed by atoms with E-state index in [1.165, 1.54) is 0 Å². The molecule has 0 saturated carbocycles. The second kappa shape index (κ2) is 15.2. The Morgan fingerprint density at radius 2 is 1.67 bits per heavy atom. The van der Waals surface area contributed by atoms with Crippen molar-refractivity contribution >= 4 is 18.2 Å². The summed E-state index contributed by atoms with van der Waals surface area (Å²) >= 11 is 0. The van der Waals surface area contributed by atoms with Crippen LogP contribution in [-0.2, 0) is 9.53 Å². The number of nitrogens with two attached hydrogens (primary N) is 1. The number of nitrogens with zero attached hydrogens (tertiary/aromatic N) is 4. The largest absolute Gasteiger partial charge is 0.382 e. The molecule has 2 rings (SSSR count). The van der Waals surface area contributed by atoms with E-state index in [4.69, 9.17) is 10.5 Å². The van der Waals surface area contributed by atoms with Crippen LogP contribution in [0.5, 0.6) is 0 Å². The summed E-state index contributed by atoms with van der Waals surface area (Å²) < 4.78 is 4.75. The molecule has 2 aromatic rings. The standard InChI is InChI=1S/C17H23N5O.C4H10O.C2H6/c1-13(22(3)12-23)9-10-21(2)16-11-15(19-17(18)20-16)14-7-5-4-6-8-14;1-4(2)5-3;1-2/h4-8,11-13H,9-10H2,1-3H3,(H2,18,19,20);4H,1-3H3;1-2H3. The van der Waals surface area contributed by atoms with Gasteiger partial charge in [-0.3, -0.25) is 4.79 Å². The molecule has 0 saturated heterocycles. The van der Waals surface area contributed by atoms with Gasteiger partial charge in [-0.15, -0.1) is 0 Å². The van der Waals surface area contributed by atoms with Crippen molar-refractivity contribution in [1.82, 2.24) is 14.9 Å². The lowest BCUT2D eigenvalue weighted by Crippen LogP contribution is -2.32. The molecule has 1 atom stereocenters. The Morgan fingerprint density at radius 3 is 2.17 bits per heavy atom. The quantitative estimate of drug-likeness (QED) is 0.651. The van der Waals surface area contributed by atoms with Crippen molar-refractivity contribution in [1.29, 1.82) is 0 Å². The highest BCUT2D eigenvalue weighted by Crippen LogP contribution is 2.22. The molecule has 7 heteroatoms. The summed E-state index contributed by atoms with van der Waals surface area (Å²) in [7, 11) is 5.45. The van der Waals surface area contributed by atoms with E-state index in [9.17, 15) is 4.79 Å². The molecule has 0 aliphatic heterocycles. The van der Waals surface area contributed by atoms with E-state index in [1.807, 2.05) is 83.0 Å². The highest BCUT2D eigenvalue weighted by molar-refractivity contribution is 5.64. The van der Waals surface area contributed by atoms with E-state index in [-0.39, 0.29) is 12.0 Å². The first-order chi connectivity index (χ1) is 14.3. The topological polar surface area (TPSA) is 84.6 Å². The van der Waals surface area contributed by atoms with Crippen LogP contribution in [0, 0.1) is 0 Å². The fourth-order valence-corrected chi connectivity index (χ4v) is 2.21. The predicted octanol–water partition coefficient (Wildman–Crippen LogP) is 4.10. The van der Waals surface area contributed by atoms with Crippen LogP contribution in [0.15, 0.2) is 36.4 Å². The van der Waals surface area contributed by atoms with Crippen molar-refractivity contribution in [2.75, 3.05) is 38.4 Å². The third-order valence-corrected chi connectivity index (χ3v) is 4.41. The molecule has 1 heterocycles. The molecule has 0 spiro atoms. The number of anilines is 2. The monoisotopic (exact) mass is 417 g/mol. The van der Waals surface area contributed by atoms with Gasteiger partial charge in [-0.25, -0.2) is 4.98 Å². The lowest BCUT2D eigenvalue weighted by atomic mass is 10.1. The van der Waals surface area contributed by atoms with Gasteiger partial charge in [-0.2, -0.15) is 4.98 Å². The molecule has 0 aliphatic rings. The number of nitrogen functional groups attached to an aromatic ring is 1. The number of rotatable bonds is 8. The Bertz CT molecular complexity index is 710. The van der Waals surface area contributed by atoms with E-state index >= 15 is 0 Å². The van der Waals surface area contributed by atoms with Crippen LogP contribution in [0.3, 0.4) is 0 Å². The third-order valence-electron chi connectivity index (χ3n) is 4.41. The maximum Gasteiger partial charge on any atom is 0.222 e. The van der Waals surface area contributed by atoms with E-state index in [0.717, 1.165) is 36.5 Å². The number of hydrogen-bond donors (Lipinski definition) is 1. The molecule has 1 unspecified atom stereocenters. The average molecular weight is 418 g/mol. The van der Waals surface area contributed by atoms with Gasteiger partial charge in [0.05, 0.1) is 11.8 Å². The van der Waals surface area contributed by atoms with Crippen LogP contribution in [0.1, 0.15) is 41.0 Å². The minimum Gasteiger partial charge on any atom is -0.382 e. The number of methoxy groups -OCH3 is 1. The molecule has 0 aliphatic carbocycles. The number of amides is 1. The Labute approximate surface area is 182 Å². The van der Waals surface area contributed by atoms with Crippen molar-refractivity contribution in [3.63, 3.8) is 0 Å². The molecule has 2 N–H and O–H groups in total. The summed E-state index contributed by atoms with van der Waals surface area (Å²) in [5.41, 5.74) is 7.67. The number of carbonyl (C=O) groups is 1. The van der Waals surface area contributed by atoms with Gasteiger partial charge in [-0.05, 0) is 27.2 Å². The SMILES string of the molecule is CC.CC(CCN(C)c1cc(-c2ccccc2)nc(N)n1)N(C)C=O.COC(C)C. The first kappa shape index (κ1) is 27.3. The zero-order valence-corrected chi connectivity index (χ0v) is 19.8. The zero-order chi connectivity index (χ0) is 23.1. The Kier molecular flexibility index (Phi) is 13.9. The van der Waals surface area contributed by atoms with Gasteiger partial charge in [0.1, 0.15) is 5.82 Å². The van der Waals surface area contributed by atoms with Gasteiger partial charge in [0.15, 0.2) is 0 Å². The first-order valence-electron chi connectivity index (χ1n) is 10.4. The van der Waals surface area contributed by atoms with E-state index in [1.54, 1.807) is 19.1 Å². The summed E-state index contributed by atoms with van der Waals surface area (Å²) in [6.07, 6.45) is 2.08. The minimum atomic E-state index is 0.169. The summed E-state index contributed by atoms with van der Waals surface area (Å²) in [4.78, 5) is 23.1. The Balaban J connectivity index is 0.00000105. The van der Waals surface area contributed by atoms with E-state index in [0.29, 0.717) is 6.10 Å².